The van der Waals surface area contributed by atoms with Crippen molar-refractivity contribution in [1.82, 2.24) is 4.31 Å². The average Bonchev–Trinajstić information content (AvgIpc) is 2.89. The first-order chi connectivity index (χ1) is 8.96. The summed E-state index contributed by atoms with van der Waals surface area (Å²) in [4.78, 5) is 10.8. The van der Waals surface area contributed by atoms with E-state index >= 15 is 0 Å². The molecule has 1 aliphatic rings. The molecule has 0 spiro atoms. The lowest BCUT2D eigenvalue weighted by atomic mass is 10.2. The van der Waals surface area contributed by atoms with Gasteiger partial charge in [-0.1, -0.05) is 6.92 Å². The Kier molecular flexibility index (Phi) is 4.24. The van der Waals surface area contributed by atoms with E-state index in [9.17, 15) is 13.2 Å². The van der Waals surface area contributed by atoms with Gasteiger partial charge in [0.1, 0.15) is 9.77 Å². The number of carboxylic acid groups (broad SMARTS) is 1. The molecule has 1 aromatic heterocycles. The van der Waals surface area contributed by atoms with Crippen LogP contribution >= 0.6 is 11.3 Å². The average molecular weight is 305 g/mol. The van der Waals surface area contributed by atoms with Gasteiger partial charge in [-0.3, -0.25) is 0 Å². The maximum absolute atomic E-state index is 12.4. The molecular formula is C11H15NO5S2. The third-order valence-corrected chi connectivity index (χ3v) is 5.94. The van der Waals surface area contributed by atoms with Crippen LogP contribution in [0, 0.1) is 0 Å². The molecule has 19 heavy (non-hydrogen) atoms. The SMILES string of the molecule is CCC1CN(S(=O)(=O)c2ccsc2C(=O)O)CCO1. The molecule has 8 heteroatoms. The number of aromatic carboxylic acids is 1. The summed E-state index contributed by atoms with van der Waals surface area (Å²) in [6.45, 7) is 2.79. The van der Waals surface area contributed by atoms with Gasteiger partial charge in [-0.25, -0.2) is 13.2 Å². The van der Waals surface area contributed by atoms with E-state index in [1.165, 1.54) is 15.8 Å². The fourth-order valence-electron chi connectivity index (χ4n) is 1.95. The second kappa shape index (κ2) is 5.58. The fourth-order valence-corrected chi connectivity index (χ4v) is 4.64. The first kappa shape index (κ1) is 14.4. The molecule has 1 fully saturated rings. The molecule has 106 valence electrons. The van der Waals surface area contributed by atoms with Gasteiger partial charge in [0.2, 0.25) is 10.0 Å². The Balaban J connectivity index is 2.31. The Morgan fingerprint density at radius 3 is 3.00 bits per heavy atom. The third kappa shape index (κ3) is 2.81. The Labute approximate surface area is 115 Å². The normalized spacial score (nSPS) is 21.4. The minimum atomic E-state index is -3.75. The summed E-state index contributed by atoms with van der Waals surface area (Å²) in [6.07, 6.45) is 0.594. The van der Waals surface area contributed by atoms with E-state index in [1.807, 2.05) is 6.92 Å². The molecule has 2 heterocycles. The molecule has 0 aromatic carbocycles. The maximum atomic E-state index is 12.4. The lowest BCUT2D eigenvalue weighted by molar-refractivity contribution is -0.00278. The van der Waals surface area contributed by atoms with E-state index in [-0.39, 0.29) is 29.0 Å². The van der Waals surface area contributed by atoms with Gasteiger partial charge in [-0.2, -0.15) is 4.31 Å². The van der Waals surface area contributed by atoms with Crippen molar-refractivity contribution in [3.05, 3.63) is 16.3 Å². The second-order valence-electron chi connectivity index (χ2n) is 4.18. The van der Waals surface area contributed by atoms with E-state index in [1.54, 1.807) is 0 Å². The number of hydrogen-bond acceptors (Lipinski definition) is 5. The van der Waals surface area contributed by atoms with Gasteiger partial charge in [0.25, 0.3) is 0 Å². The van der Waals surface area contributed by atoms with Gasteiger partial charge in [0.15, 0.2) is 0 Å². The van der Waals surface area contributed by atoms with Crippen molar-refractivity contribution < 1.29 is 23.1 Å². The van der Waals surface area contributed by atoms with E-state index < -0.39 is 16.0 Å². The van der Waals surface area contributed by atoms with Crippen LogP contribution in [-0.4, -0.2) is 49.6 Å². The third-order valence-electron chi connectivity index (χ3n) is 3.00. The van der Waals surface area contributed by atoms with Crippen molar-refractivity contribution in [2.45, 2.75) is 24.3 Å². The van der Waals surface area contributed by atoms with Gasteiger partial charge >= 0.3 is 5.97 Å². The predicted molar refractivity (Wildman–Crippen MR) is 70.1 cm³/mol. The molecule has 1 unspecified atom stereocenters. The van der Waals surface area contributed by atoms with Gasteiger partial charge in [-0.15, -0.1) is 11.3 Å². The molecule has 0 radical (unpaired) electrons. The minimum Gasteiger partial charge on any atom is -0.477 e. The fraction of sp³-hybridized carbons (Fsp3) is 0.545. The predicted octanol–water partition coefficient (Wildman–Crippen LogP) is 1.25. The highest BCUT2D eigenvalue weighted by atomic mass is 32.2. The number of morpholine rings is 1. The summed E-state index contributed by atoms with van der Waals surface area (Å²) in [6, 6.07) is 1.35. The Morgan fingerprint density at radius 1 is 1.63 bits per heavy atom. The second-order valence-corrected chi connectivity index (χ2v) is 7.01. The van der Waals surface area contributed by atoms with Crippen LogP contribution in [0.3, 0.4) is 0 Å². The molecule has 1 saturated heterocycles. The van der Waals surface area contributed by atoms with Crippen LogP contribution in [0.1, 0.15) is 23.0 Å². The summed E-state index contributed by atoms with van der Waals surface area (Å²) < 4.78 is 31.6. The van der Waals surface area contributed by atoms with Crippen molar-refractivity contribution in [2.75, 3.05) is 19.7 Å². The summed E-state index contributed by atoms with van der Waals surface area (Å²) in [5.41, 5.74) is 0. The summed E-state index contributed by atoms with van der Waals surface area (Å²) >= 11 is 0.918. The molecule has 1 N–H and O–H groups in total. The van der Waals surface area contributed by atoms with E-state index in [0.29, 0.717) is 6.61 Å². The maximum Gasteiger partial charge on any atom is 0.347 e. The molecule has 2 rings (SSSR count). The number of rotatable bonds is 4. The van der Waals surface area contributed by atoms with Crippen molar-refractivity contribution >= 4 is 27.3 Å². The Morgan fingerprint density at radius 2 is 2.37 bits per heavy atom. The monoisotopic (exact) mass is 305 g/mol. The number of carbonyl (C=O) groups is 1. The molecule has 0 aliphatic carbocycles. The number of carboxylic acids is 1. The van der Waals surface area contributed by atoms with Gasteiger partial charge in [0, 0.05) is 13.1 Å². The highest BCUT2D eigenvalue weighted by molar-refractivity contribution is 7.89. The van der Waals surface area contributed by atoms with Crippen LogP contribution in [0.2, 0.25) is 0 Å². The van der Waals surface area contributed by atoms with Crippen molar-refractivity contribution in [1.29, 1.82) is 0 Å². The molecule has 1 aliphatic heterocycles. The van der Waals surface area contributed by atoms with Crippen LogP contribution < -0.4 is 0 Å². The van der Waals surface area contributed by atoms with E-state index in [2.05, 4.69) is 0 Å². The smallest absolute Gasteiger partial charge is 0.347 e. The lowest BCUT2D eigenvalue weighted by Crippen LogP contribution is -2.45. The summed E-state index contributed by atoms with van der Waals surface area (Å²) in [7, 11) is -3.75. The van der Waals surface area contributed by atoms with Crippen molar-refractivity contribution in [2.24, 2.45) is 0 Å². The summed E-state index contributed by atoms with van der Waals surface area (Å²) in [5, 5.41) is 10.5. The quantitative estimate of drug-likeness (QED) is 0.905. The van der Waals surface area contributed by atoms with Gasteiger partial charge < -0.3 is 9.84 Å². The van der Waals surface area contributed by atoms with Crippen LogP contribution in [0.15, 0.2) is 16.3 Å². The standard InChI is InChI=1S/C11H15NO5S2/c1-2-8-7-12(4-5-17-8)19(15,16)9-3-6-18-10(9)11(13)14/h3,6,8H,2,4-5,7H2,1H3,(H,13,14). The number of sulfonamides is 1. The summed E-state index contributed by atoms with van der Waals surface area (Å²) in [5.74, 6) is -1.21. The lowest BCUT2D eigenvalue weighted by Gasteiger charge is -2.31. The Hall–Kier alpha value is -0.960. The minimum absolute atomic E-state index is 0.123. The zero-order valence-electron chi connectivity index (χ0n) is 10.4. The molecule has 0 bridgehead atoms. The van der Waals surface area contributed by atoms with Gasteiger partial charge in [0.05, 0.1) is 12.7 Å². The van der Waals surface area contributed by atoms with Gasteiger partial charge in [-0.05, 0) is 17.9 Å². The highest BCUT2D eigenvalue weighted by Gasteiger charge is 2.33. The largest absolute Gasteiger partial charge is 0.477 e. The number of nitrogens with zero attached hydrogens (tertiary/aromatic N) is 1. The van der Waals surface area contributed by atoms with Crippen LogP contribution in [0.5, 0.6) is 0 Å². The Bertz CT molecular complexity index is 565. The zero-order chi connectivity index (χ0) is 14.0. The topological polar surface area (TPSA) is 83.9 Å². The highest BCUT2D eigenvalue weighted by Crippen LogP contribution is 2.26. The van der Waals surface area contributed by atoms with Crippen LogP contribution in [0.25, 0.3) is 0 Å². The number of ether oxygens (including phenoxy) is 1. The zero-order valence-corrected chi connectivity index (χ0v) is 12.0. The first-order valence-corrected chi connectivity index (χ1v) is 8.21. The van der Waals surface area contributed by atoms with Crippen molar-refractivity contribution in [3.63, 3.8) is 0 Å². The van der Waals surface area contributed by atoms with Crippen molar-refractivity contribution in [3.8, 4) is 0 Å². The molecular weight excluding hydrogens is 290 g/mol. The number of hydrogen-bond donors (Lipinski definition) is 1. The first-order valence-electron chi connectivity index (χ1n) is 5.89. The number of thiophene rings is 1. The van der Waals surface area contributed by atoms with E-state index in [4.69, 9.17) is 9.84 Å². The van der Waals surface area contributed by atoms with E-state index in [0.717, 1.165) is 17.8 Å². The molecule has 0 amide bonds. The molecule has 0 saturated carbocycles. The van der Waals surface area contributed by atoms with Crippen LogP contribution in [0.4, 0.5) is 0 Å². The molecule has 6 nitrogen and oxygen atoms in total. The van der Waals surface area contributed by atoms with Crippen LogP contribution in [-0.2, 0) is 14.8 Å². The molecule has 1 aromatic rings. The molecule has 1 atom stereocenters.